The molecule has 0 aliphatic heterocycles. The molecule has 9 aromatic rings. The van der Waals surface area contributed by atoms with Crippen molar-refractivity contribution in [3.8, 4) is 33.4 Å². The molecule has 1 heteroatoms. The Morgan fingerprint density at radius 2 is 0.985 bits per heavy atom. The first kappa shape index (κ1) is 40.3. The fourth-order valence-corrected chi connectivity index (χ4v) is 13.5. The first-order chi connectivity index (χ1) is 33.2. The molecule has 0 saturated heterocycles. The summed E-state index contributed by atoms with van der Waals surface area (Å²) >= 11 is 0. The second kappa shape index (κ2) is 16.7. The lowest BCUT2D eigenvalue weighted by atomic mass is 9.67. The fourth-order valence-electron chi connectivity index (χ4n) is 13.5. The average Bonchev–Trinajstić information content (AvgIpc) is 4.13. The Kier molecular flexibility index (Phi) is 10.1. The van der Waals surface area contributed by atoms with E-state index in [0.29, 0.717) is 11.8 Å². The van der Waals surface area contributed by atoms with E-state index in [9.17, 15) is 0 Å². The Balaban J connectivity index is 1.00. The van der Waals surface area contributed by atoms with Crippen molar-refractivity contribution in [1.82, 2.24) is 0 Å². The standard InChI is InChI=1S/C66H57N/c1-5-16-46(17-6-1)58-26-15-27-63-65(58)59-39-38-57(44-64(59)66(63,53-22-9-3-10-23-53)54-24-11-4-12-25-54)67(55-34-30-48(31-35-55)60-41-45-28-29-52(60)40-45)56-36-32-49(33-37-56)62-43-51-21-14-13-20-50(51)42-61(62)47-18-7-2-8-19-47/h2-4,7-15,18-27,30-39,42-46,52,60H,1,5-6,16-17,28-29,40-41H2. The lowest BCUT2D eigenvalue weighted by Crippen LogP contribution is -2.29. The van der Waals surface area contributed by atoms with Crippen LogP contribution in [-0.2, 0) is 5.41 Å². The van der Waals surface area contributed by atoms with Gasteiger partial charge in [-0.1, -0.05) is 189 Å². The van der Waals surface area contributed by atoms with Crippen molar-refractivity contribution < 1.29 is 0 Å². The Labute approximate surface area is 396 Å². The van der Waals surface area contributed by atoms with Gasteiger partial charge in [0, 0.05) is 17.1 Å². The summed E-state index contributed by atoms with van der Waals surface area (Å²) in [6, 6.07) is 81.0. The third kappa shape index (κ3) is 6.80. The number of benzene rings is 9. The van der Waals surface area contributed by atoms with E-state index >= 15 is 0 Å². The second-order valence-corrected chi connectivity index (χ2v) is 20.2. The Bertz CT molecular complexity index is 3180. The van der Waals surface area contributed by atoms with Crippen LogP contribution in [0.1, 0.15) is 103 Å². The van der Waals surface area contributed by atoms with Crippen LogP contribution in [0.5, 0.6) is 0 Å². The molecule has 3 fully saturated rings. The molecular weight excluding hydrogens is 807 g/mol. The largest absolute Gasteiger partial charge is 0.310 e. The van der Waals surface area contributed by atoms with Gasteiger partial charge < -0.3 is 4.90 Å². The first-order valence-corrected chi connectivity index (χ1v) is 25.2. The van der Waals surface area contributed by atoms with Crippen LogP contribution in [0.3, 0.4) is 0 Å². The summed E-state index contributed by atoms with van der Waals surface area (Å²) in [5.74, 6) is 3.03. The molecule has 3 atom stereocenters. The maximum absolute atomic E-state index is 2.56. The minimum Gasteiger partial charge on any atom is -0.310 e. The molecular formula is C66H57N. The van der Waals surface area contributed by atoms with Crippen LogP contribution in [0.15, 0.2) is 212 Å². The zero-order valence-electron chi connectivity index (χ0n) is 38.3. The van der Waals surface area contributed by atoms with Crippen molar-refractivity contribution in [1.29, 1.82) is 0 Å². The minimum absolute atomic E-state index is 0.487. The van der Waals surface area contributed by atoms with Gasteiger partial charge in [-0.2, -0.15) is 0 Å². The third-order valence-electron chi connectivity index (χ3n) is 16.6. The van der Waals surface area contributed by atoms with Crippen molar-refractivity contribution in [3.63, 3.8) is 0 Å². The lowest BCUT2D eigenvalue weighted by molar-refractivity contribution is 0.420. The van der Waals surface area contributed by atoms with E-state index in [2.05, 4.69) is 217 Å². The van der Waals surface area contributed by atoms with Gasteiger partial charge in [0.05, 0.1) is 5.41 Å². The number of rotatable bonds is 9. The maximum atomic E-state index is 2.56. The van der Waals surface area contributed by atoms with Gasteiger partial charge in [0.2, 0.25) is 0 Å². The summed E-state index contributed by atoms with van der Waals surface area (Å²) in [6.07, 6.45) is 12.1. The van der Waals surface area contributed by atoms with Gasteiger partial charge in [-0.25, -0.2) is 0 Å². The van der Waals surface area contributed by atoms with Crippen LogP contribution in [0, 0.1) is 11.8 Å². The van der Waals surface area contributed by atoms with Crippen LogP contribution >= 0.6 is 0 Å². The van der Waals surface area contributed by atoms with Crippen LogP contribution in [0.4, 0.5) is 17.1 Å². The van der Waals surface area contributed by atoms with Crippen LogP contribution < -0.4 is 4.90 Å². The molecule has 3 saturated carbocycles. The van der Waals surface area contributed by atoms with Crippen molar-refractivity contribution >= 4 is 27.8 Å². The average molecular weight is 864 g/mol. The SMILES string of the molecule is c1ccc(-c2cc3ccccc3cc2-c2ccc(N(c3ccc(C4CC5CCC4C5)cc3)c3ccc4c(c3)C(c3ccccc3)(c3ccccc3)c3cccc(C5CCCCC5)c3-4)cc2)cc1. The molecule has 326 valence electrons. The highest BCUT2D eigenvalue weighted by Gasteiger charge is 2.48. The number of hydrogen-bond donors (Lipinski definition) is 0. The molecule has 3 unspecified atom stereocenters. The molecule has 0 aromatic heterocycles. The molecule has 0 amide bonds. The highest BCUT2D eigenvalue weighted by Crippen LogP contribution is 2.60. The van der Waals surface area contributed by atoms with Crippen molar-refractivity contribution in [2.45, 2.75) is 75.0 Å². The van der Waals surface area contributed by atoms with E-state index < -0.39 is 5.41 Å². The fraction of sp³-hybridized carbons (Fsp3) is 0.212. The summed E-state index contributed by atoms with van der Waals surface area (Å²) < 4.78 is 0. The highest BCUT2D eigenvalue weighted by atomic mass is 15.1. The molecule has 0 N–H and O–H groups in total. The van der Waals surface area contributed by atoms with E-state index in [1.807, 2.05) is 0 Å². The van der Waals surface area contributed by atoms with E-state index in [-0.39, 0.29) is 0 Å². The van der Waals surface area contributed by atoms with E-state index in [1.165, 1.54) is 147 Å². The molecule has 9 aromatic carbocycles. The van der Waals surface area contributed by atoms with Gasteiger partial charge in [-0.15, -0.1) is 0 Å². The van der Waals surface area contributed by atoms with Gasteiger partial charge in [-0.05, 0) is 182 Å². The van der Waals surface area contributed by atoms with Gasteiger partial charge in [0.25, 0.3) is 0 Å². The van der Waals surface area contributed by atoms with Gasteiger partial charge >= 0.3 is 0 Å². The van der Waals surface area contributed by atoms with Gasteiger partial charge in [0.15, 0.2) is 0 Å². The molecule has 0 radical (unpaired) electrons. The molecule has 4 aliphatic carbocycles. The molecule has 0 spiro atoms. The smallest absolute Gasteiger partial charge is 0.0714 e. The first-order valence-electron chi connectivity index (χ1n) is 25.2. The van der Waals surface area contributed by atoms with Crippen molar-refractivity contribution in [3.05, 3.63) is 246 Å². The summed E-state index contributed by atoms with van der Waals surface area (Å²) in [6.45, 7) is 0. The molecule has 0 heterocycles. The normalized spacial score (nSPS) is 19.3. The highest BCUT2D eigenvalue weighted by molar-refractivity contribution is 5.97. The zero-order valence-corrected chi connectivity index (χ0v) is 38.3. The molecule has 67 heavy (non-hydrogen) atoms. The van der Waals surface area contributed by atoms with Gasteiger partial charge in [-0.3, -0.25) is 0 Å². The summed E-state index contributed by atoms with van der Waals surface area (Å²) in [5.41, 5.74) is 19.3. The third-order valence-corrected chi connectivity index (χ3v) is 16.6. The number of hydrogen-bond acceptors (Lipinski definition) is 1. The molecule has 4 aliphatic rings. The summed E-state index contributed by atoms with van der Waals surface area (Å²) in [5, 5.41) is 2.51. The van der Waals surface area contributed by atoms with Crippen molar-refractivity contribution in [2.75, 3.05) is 4.90 Å². The molecule has 1 nitrogen and oxygen atoms in total. The predicted octanol–water partition coefficient (Wildman–Crippen LogP) is 18.0. The van der Waals surface area contributed by atoms with E-state index in [4.69, 9.17) is 0 Å². The second-order valence-electron chi connectivity index (χ2n) is 20.2. The zero-order chi connectivity index (χ0) is 44.3. The summed E-state index contributed by atoms with van der Waals surface area (Å²) in [7, 11) is 0. The molecule has 2 bridgehead atoms. The van der Waals surface area contributed by atoms with E-state index in [1.54, 1.807) is 0 Å². The quantitative estimate of drug-likeness (QED) is 0.140. The van der Waals surface area contributed by atoms with E-state index in [0.717, 1.165) is 17.5 Å². The van der Waals surface area contributed by atoms with Crippen molar-refractivity contribution in [2.24, 2.45) is 11.8 Å². The maximum Gasteiger partial charge on any atom is 0.0714 e. The van der Waals surface area contributed by atoms with Gasteiger partial charge in [0.1, 0.15) is 0 Å². The molecule has 13 rings (SSSR count). The van der Waals surface area contributed by atoms with Crippen LogP contribution in [-0.4, -0.2) is 0 Å². The minimum atomic E-state index is -0.487. The Morgan fingerprint density at radius 3 is 1.60 bits per heavy atom. The summed E-state index contributed by atoms with van der Waals surface area (Å²) in [4.78, 5) is 2.53. The van der Waals surface area contributed by atoms with Crippen LogP contribution in [0.2, 0.25) is 0 Å². The topological polar surface area (TPSA) is 3.24 Å². The Hall–Kier alpha value is -6.96. The number of nitrogens with zero attached hydrogens (tertiary/aromatic N) is 1. The lowest BCUT2D eigenvalue weighted by Gasteiger charge is -2.35. The predicted molar refractivity (Wildman–Crippen MR) is 281 cm³/mol. The monoisotopic (exact) mass is 863 g/mol. The van der Waals surface area contributed by atoms with Crippen LogP contribution in [0.25, 0.3) is 44.2 Å². The Morgan fingerprint density at radius 1 is 0.403 bits per heavy atom. The number of fused-ring (bicyclic) bond motifs is 6. The number of anilines is 3.